The number of fused-ring (bicyclic) bond motifs is 1. The van der Waals surface area contributed by atoms with E-state index in [1.54, 1.807) is 13.1 Å². The van der Waals surface area contributed by atoms with Crippen molar-refractivity contribution in [3.05, 3.63) is 34.2 Å². The highest BCUT2D eigenvalue weighted by Gasteiger charge is 2.30. The molecular formula is C25H31N5O5S. The first-order chi connectivity index (χ1) is 17.3. The van der Waals surface area contributed by atoms with Crippen LogP contribution < -0.4 is 10.3 Å². The normalized spacial score (nSPS) is 15.3. The maximum Gasteiger partial charge on any atom is 0.277 e. The monoisotopic (exact) mass is 513 g/mol. The highest BCUT2D eigenvalue weighted by Crippen LogP contribution is 2.33. The molecule has 0 atom stereocenters. The van der Waals surface area contributed by atoms with Crippen molar-refractivity contribution in [2.75, 3.05) is 26.3 Å². The van der Waals surface area contributed by atoms with Gasteiger partial charge in [-0.05, 0) is 44.4 Å². The van der Waals surface area contributed by atoms with Crippen LogP contribution in [-0.4, -0.2) is 64.9 Å². The molecule has 3 heterocycles. The second-order valence-corrected chi connectivity index (χ2v) is 10.6. The molecule has 192 valence electrons. The van der Waals surface area contributed by atoms with Crippen LogP contribution in [-0.2, 0) is 28.2 Å². The van der Waals surface area contributed by atoms with Gasteiger partial charge in [0, 0.05) is 20.1 Å². The summed E-state index contributed by atoms with van der Waals surface area (Å²) in [5.41, 5.74) is 1.65. The molecule has 1 saturated heterocycles. The Morgan fingerprint density at radius 1 is 1.25 bits per heavy atom. The zero-order valence-corrected chi connectivity index (χ0v) is 21.6. The van der Waals surface area contributed by atoms with E-state index >= 15 is 0 Å². The van der Waals surface area contributed by atoms with Gasteiger partial charge in [-0.1, -0.05) is 19.3 Å². The van der Waals surface area contributed by atoms with Crippen LogP contribution in [0.4, 0.5) is 0 Å². The average Bonchev–Trinajstić information content (AvgIpc) is 3.19. The van der Waals surface area contributed by atoms with Crippen LogP contribution in [0.5, 0.6) is 5.75 Å². The zero-order chi connectivity index (χ0) is 25.9. The van der Waals surface area contributed by atoms with E-state index in [1.165, 1.54) is 21.1 Å². The predicted octanol–water partition coefficient (Wildman–Crippen LogP) is 2.48. The van der Waals surface area contributed by atoms with Crippen molar-refractivity contribution in [2.24, 2.45) is 7.05 Å². The Morgan fingerprint density at radius 2 is 2.00 bits per heavy atom. The van der Waals surface area contributed by atoms with E-state index in [0.29, 0.717) is 61.3 Å². The van der Waals surface area contributed by atoms with Crippen molar-refractivity contribution in [3.8, 4) is 29.5 Å². The van der Waals surface area contributed by atoms with E-state index in [4.69, 9.17) is 20.9 Å². The molecule has 0 amide bonds. The molecule has 1 fully saturated rings. The fraction of sp³-hybridized carbons (Fsp3) is 0.480. The van der Waals surface area contributed by atoms with E-state index in [9.17, 15) is 13.2 Å². The van der Waals surface area contributed by atoms with Gasteiger partial charge in [0.2, 0.25) is 10.0 Å². The molecule has 1 aliphatic rings. The van der Waals surface area contributed by atoms with E-state index in [2.05, 4.69) is 16.0 Å². The largest absolute Gasteiger partial charge is 0.493 e. The van der Waals surface area contributed by atoms with Gasteiger partial charge in [-0.2, -0.15) is 9.40 Å². The molecule has 2 aromatic heterocycles. The maximum absolute atomic E-state index is 13.5. The molecule has 0 saturated carbocycles. The minimum Gasteiger partial charge on any atom is -0.493 e. The summed E-state index contributed by atoms with van der Waals surface area (Å²) in [5.74, 6) is 3.11. The van der Waals surface area contributed by atoms with Crippen LogP contribution >= 0.6 is 0 Å². The van der Waals surface area contributed by atoms with Crippen LogP contribution in [0.1, 0.15) is 38.8 Å². The van der Waals surface area contributed by atoms with Gasteiger partial charge in [0.25, 0.3) is 5.56 Å². The van der Waals surface area contributed by atoms with Gasteiger partial charge in [-0.15, -0.1) is 6.42 Å². The van der Waals surface area contributed by atoms with Crippen LogP contribution in [0.15, 0.2) is 27.9 Å². The first-order valence-corrected chi connectivity index (χ1v) is 13.5. The summed E-state index contributed by atoms with van der Waals surface area (Å²) in [6.45, 7) is 5.10. The van der Waals surface area contributed by atoms with Crippen molar-refractivity contribution in [1.29, 1.82) is 0 Å². The number of nitrogens with one attached hydrogen (secondary N) is 1. The number of sulfonamides is 1. The Morgan fingerprint density at radius 3 is 2.67 bits per heavy atom. The number of terminal acetylenes is 1. The Labute approximate surface area is 210 Å². The summed E-state index contributed by atoms with van der Waals surface area (Å²) in [6, 6.07) is 4.64. The molecule has 1 N–H and O–H groups in total. The molecule has 1 aliphatic heterocycles. The van der Waals surface area contributed by atoms with Crippen LogP contribution in [0.2, 0.25) is 0 Å². The zero-order valence-electron chi connectivity index (χ0n) is 20.8. The molecule has 0 radical (unpaired) electrons. The Hall–Kier alpha value is -3.20. The summed E-state index contributed by atoms with van der Waals surface area (Å²) in [6.07, 6.45) is 7.85. The molecule has 11 heteroatoms. The fourth-order valence-electron chi connectivity index (χ4n) is 4.47. The maximum atomic E-state index is 13.5. The van der Waals surface area contributed by atoms with Crippen molar-refractivity contribution in [3.63, 3.8) is 0 Å². The Kier molecular flexibility index (Phi) is 7.78. The molecular weight excluding hydrogens is 482 g/mol. The second-order valence-electron chi connectivity index (χ2n) is 8.64. The smallest absolute Gasteiger partial charge is 0.277 e. The van der Waals surface area contributed by atoms with Gasteiger partial charge < -0.3 is 14.5 Å². The first kappa shape index (κ1) is 25.9. The first-order valence-electron chi connectivity index (χ1n) is 12.1. The van der Waals surface area contributed by atoms with Crippen LogP contribution in [0, 0.1) is 12.3 Å². The van der Waals surface area contributed by atoms with Crippen molar-refractivity contribution >= 4 is 21.1 Å². The summed E-state index contributed by atoms with van der Waals surface area (Å²) in [4.78, 5) is 20.6. The molecule has 3 aromatic rings. The van der Waals surface area contributed by atoms with Crippen molar-refractivity contribution < 1.29 is 17.9 Å². The summed E-state index contributed by atoms with van der Waals surface area (Å²) >= 11 is 0. The average molecular weight is 514 g/mol. The van der Waals surface area contributed by atoms with Crippen LogP contribution in [0.3, 0.4) is 0 Å². The second kappa shape index (κ2) is 10.8. The lowest BCUT2D eigenvalue weighted by Crippen LogP contribution is -2.40. The molecule has 10 nitrogen and oxygen atoms in total. The SMILES string of the molecule is C#CCOC1CCN(S(=O)(=O)c2ccc(OCC)c(-c3nc4c(CCC)nn(C)c4c(=O)[nH]3)c2)CC1. The van der Waals surface area contributed by atoms with Crippen molar-refractivity contribution in [2.45, 2.75) is 50.5 Å². The topological polar surface area (TPSA) is 119 Å². The van der Waals surface area contributed by atoms with Gasteiger partial charge in [-0.25, -0.2) is 13.4 Å². The fourth-order valence-corrected chi connectivity index (χ4v) is 5.97. The van der Waals surface area contributed by atoms with Gasteiger partial charge in [-0.3, -0.25) is 9.48 Å². The Bertz CT molecular complexity index is 1450. The van der Waals surface area contributed by atoms with Gasteiger partial charge in [0.15, 0.2) is 5.52 Å². The van der Waals surface area contributed by atoms with E-state index in [-0.39, 0.29) is 29.0 Å². The predicted molar refractivity (Wildman–Crippen MR) is 136 cm³/mol. The number of aromatic amines is 1. The van der Waals surface area contributed by atoms with E-state index < -0.39 is 10.0 Å². The number of hydrogen-bond acceptors (Lipinski definition) is 7. The third kappa shape index (κ3) is 5.02. The molecule has 0 unspecified atom stereocenters. The van der Waals surface area contributed by atoms with E-state index in [0.717, 1.165) is 12.1 Å². The van der Waals surface area contributed by atoms with E-state index in [1.807, 2.05) is 13.8 Å². The quantitative estimate of drug-likeness (QED) is 0.437. The Balaban J connectivity index is 1.74. The van der Waals surface area contributed by atoms with Crippen molar-refractivity contribution in [1.82, 2.24) is 24.1 Å². The van der Waals surface area contributed by atoms with Crippen LogP contribution in [0.25, 0.3) is 22.4 Å². The highest BCUT2D eigenvalue weighted by molar-refractivity contribution is 7.89. The number of ether oxygens (including phenoxy) is 2. The summed E-state index contributed by atoms with van der Waals surface area (Å²) in [7, 11) is -2.08. The lowest BCUT2D eigenvalue weighted by Gasteiger charge is -2.31. The van der Waals surface area contributed by atoms with Gasteiger partial charge in [0.05, 0.1) is 28.9 Å². The van der Waals surface area contributed by atoms with Gasteiger partial charge >= 0.3 is 0 Å². The number of benzene rings is 1. The number of aryl methyl sites for hydroxylation is 2. The molecule has 1 aromatic carbocycles. The number of hydrogen-bond donors (Lipinski definition) is 1. The number of H-pyrrole nitrogens is 1. The minimum absolute atomic E-state index is 0.0545. The molecule has 0 bridgehead atoms. The summed E-state index contributed by atoms with van der Waals surface area (Å²) < 4.78 is 41.3. The number of nitrogens with zero attached hydrogens (tertiary/aromatic N) is 4. The third-order valence-corrected chi connectivity index (χ3v) is 8.09. The third-order valence-electron chi connectivity index (χ3n) is 6.20. The molecule has 0 spiro atoms. The molecule has 36 heavy (non-hydrogen) atoms. The number of rotatable bonds is 9. The lowest BCUT2D eigenvalue weighted by molar-refractivity contribution is 0.0410. The number of aromatic nitrogens is 4. The lowest BCUT2D eigenvalue weighted by atomic mass is 10.1. The standard InChI is InChI=1S/C25H31N5O5S/c1-5-8-20-22-23(29(4)28-20)25(31)27-24(26-22)19-16-18(9-10-21(19)34-7-3)36(32,33)30-13-11-17(12-14-30)35-15-6-2/h2,9-10,16-17H,5,7-8,11-15H2,1,3-4H3,(H,26,27,31). The summed E-state index contributed by atoms with van der Waals surface area (Å²) in [5, 5.41) is 4.46. The van der Waals surface area contributed by atoms with Gasteiger partial charge in [0.1, 0.15) is 23.7 Å². The molecule has 4 rings (SSSR count). The molecule has 0 aliphatic carbocycles. The minimum atomic E-state index is -3.79. The number of piperidine rings is 1. The highest BCUT2D eigenvalue weighted by atomic mass is 32.2.